The van der Waals surface area contributed by atoms with Crippen LogP contribution in [-0.2, 0) is 14.3 Å². The van der Waals surface area contributed by atoms with Crippen molar-refractivity contribution in [3.05, 3.63) is 27.2 Å². The Bertz CT molecular complexity index is 548. The van der Waals surface area contributed by atoms with Gasteiger partial charge >= 0.3 is 5.97 Å². The summed E-state index contributed by atoms with van der Waals surface area (Å²) in [5, 5.41) is 3.34. The smallest absolute Gasteiger partial charge is 0.306 e. The third-order valence-corrected chi connectivity index (χ3v) is 4.38. The van der Waals surface area contributed by atoms with E-state index < -0.39 is 5.91 Å². The molecule has 0 unspecified atom stereocenters. The summed E-state index contributed by atoms with van der Waals surface area (Å²) in [7, 11) is 0. The first-order valence-electron chi connectivity index (χ1n) is 7.05. The largest absolute Gasteiger partial charge is 0.456 e. The quantitative estimate of drug-likeness (QED) is 0.770. The molecule has 1 N–H and O–H groups in total. The van der Waals surface area contributed by atoms with Crippen molar-refractivity contribution in [1.29, 1.82) is 0 Å². The second-order valence-electron chi connectivity index (χ2n) is 5.31. The lowest BCUT2D eigenvalue weighted by Gasteiger charge is -2.11. The Hall–Kier alpha value is -0.970. The minimum Gasteiger partial charge on any atom is -0.456 e. The zero-order chi connectivity index (χ0) is 16.1. The summed E-state index contributed by atoms with van der Waals surface area (Å²) in [5.74, 6) is -0.461. The number of anilines is 1. The highest BCUT2D eigenvalue weighted by Gasteiger charge is 2.20. The fourth-order valence-corrected chi connectivity index (χ4v) is 3.40. The topological polar surface area (TPSA) is 55.4 Å². The van der Waals surface area contributed by atoms with E-state index in [0.717, 1.165) is 25.7 Å². The first-order valence-corrected chi connectivity index (χ1v) is 8.19. The van der Waals surface area contributed by atoms with Crippen LogP contribution in [-0.4, -0.2) is 18.5 Å². The van der Waals surface area contributed by atoms with Crippen molar-refractivity contribution >= 4 is 52.4 Å². The molecule has 0 atom stereocenters. The maximum Gasteiger partial charge on any atom is 0.306 e. The summed E-state index contributed by atoms with van der Waals surface area (Å²) in [5.41, 5.74) is 0.254. The maximum absolute atomic E-state index is 11.8. The van der Waals surface area contributed by atoms with Crippen LogP contribution in [0.5, 0.6) is 0 Å². The van der Waals surface area contributed by atoms with E-state index >= 15 is 0 Å². The molecule has 0 spiro atoms. The number of rotatable bonds is 5. The van der Waals surface area contributed by atoms with Gasteiger partial charge in [0.05, 0.1) is 15.7 Å². The number of esters is 1. The van der Waals surface area contributed by atoms with Crippen molar-refractivity contribution in [2.24, 2.45) is 5.92 Å². The van der Waals surface area contributed by atoms with Crippen LogP contribution < -0.4 is 5.32 Å². The molecule has 0 radical (unpaired) electrons. The predicted octanol–water partition coefficient (Wildman–Crippen LogP) is 4.71. The predicted molar refractivity (Wildman–Crippen MR) is 87.6 cm³/mol. The Kier molecular flexibility index (Phi) is 6.36. The zero-order valence-corrected chi connectivity index (χ0v) is 14.1. The van der Waals surface area contributed by atoms with Gasteiger partial charge < -0.3 is 10.1 Å². The van der Waals surface area contributed by atoms with Crippen LogP contribution in [0, 0.1) is 5.92 Å². The molecule has 0 aromatic heterocycles. The minimum absolute atomic E-state index is 0.225. The Labute approximate surface area is 144 Å². The Morgan fingerprint density at radius 3 is 2.32 bits per heavy atom. The van der Waals surface area contributed by atoms with Gasteiger partial charge in [-0.25, -0.2) is 0 Å². The molecule has 0 bridgehead atoms. The number of hydrogen-bond acceptors (Lipinski definition) is 3. The van der Waals surface area contributed by atoms with Gasteiger partial charge in [-0.05, 0) is 30.9 Å². The second kappa shape index (κ2) is 8.04. The molecule has 7 heteroatoms. The molecular weight excluding hydrogens is 349 g/mol. The molecule has 2 rings (SSSR count). The first-order chi connectivity index (χ1) is 10.5. The van der Waals surface area contributed by atoms with Gasteiger partial charge in [0.25, 0.3) is 5.91 Å². The molecule has 22 heavy (non-hydrogen) atoms. The van der Waals surface area contributed by atoms with Crippen LogP contribution in [0.3, 0.4) is 0 Å². The number of halogens is 3. The van der Waals surface area contributed by atoms with Crippen LogP contribution in [0.1, 0.15) is 32.1 Å². The van der Waals surface area contributed by atoms with Gasteiger partial charge in [0.2, 0.25) is 0 Å². The fourth-order valence-electron chi connectivity index (χ4n) is 2.49. The summed E-state index contributed by atoms with van der Waals surface area (Å²) in [4.78, 5) is 23.5. The lowest BCUT2D eigenvalue weighted by molar-refractivity contribution is -0.148. The van der Waals surface area contributed by atoms with Gasteiger partial charge in [0.1, 0.15) is 0 Å². The molecule has 1 fully saturated rings. The fraction of sp³-hybridized carbons (Fsp3) is 0.467. The molecule has 0 heterocycles. The number of carbonyl (C=O) groups excluding carboxylic acids is 2. The Morgan fingerprint density at radius 2 is 1.73 bits per heavy atom. The highest BCUT2D eigenvalue weighted by molar-refractivity contribution is 6.42. The number of nitrogens with one attached hydrogen (secondary N) is 1. The number of benzene rings is 1. The summed E-state index contributed by atoms with van der Waals surface area (Å²) in [6.45, 7) is -0.360. The summed E-state index contributed by atoms with van der Waals surface area (Å²) >= 11 is 17.7. The van der Waals surface area contributed by atoms with Crippen molar-refractivity contribution in [2.75, 3.05) is 11.9 Å². The molecule has 4 nitrogen and oxygen atoms in total. The lowest BCUT2D eigenvalue weighted by atomic mass is 10.1. The SMILES string of the molecule is O=C(COC(=O)CC1CCCC1)Nc1c(Cl)cc(Cl)cc1Cl. The molecule has 120 valence electrons. The van der Waals surface area contributed by atoms with Crippen LogP contribution in [0.4, 0.5) is 5.69 Å². The number of carbonyl (C=O) groups is 2. The van der Waals surface area contributed by atoms with Crippen molar-refractivity contribution in [3.8, 4) is 0 Å². The van der Waals surface area contributed by atoms with Gasteiger partial charge in [-0.1, -0.05) is 47.6 Å². The molecule has 1 aliphatic carbocycles. The van der Waals surface area contributed by atoms with Crippen molar-refractivity contribution in [2.45, 2.75) is 32.1 Å². The average molecular weight is 365 g/mol. The van der Waals surface area contributed by atoms with Crippen molar-refractivity contribution in [3.63, 3.8) is 0 Å². The highest BCUT2D eigenvalue weighted by Crippen LogP contribution is 2.33. The number of hydrogen-bond donors (Lipinski definition) is 1. The molecule has 1 aromatic carbocycles. The number of amides is 1. The van der Waals surface area contributed by atoms with E-state index in [1.54, 1.807) is 0 Å². The van der Waals surface area contributed by atoms with E-state index in [1.165, 1.54) is 12.1 Å². The summed E-state index contributed by atoms with van der Waals surface area (Å²) in [6, 6.07) is 2.94. The Balaban J connectivity index is 1.81. The molecule has 1 aliphatic rings. The molecular formula is C15H16Cl3NO3. The van der Waals surface area contributed by atoms with Crippen LogP contribution in [0.25, 0.3) is 0 Å². The van der Waals surface area contributed by atoms with Crippen LogP contribution >= 0.6 is 34.8 Å². The molecule has 1 aromatic rings. The van der Waals surface area contributed by atoms with Crippen molar-refractivity contribution in [1.82, 2.24) is 0 Å². The number of ether oxygens (including phenoxy) is 1. The standard InChI is InChI=1S/C15H16Cl3NO3/c16-10-6-11(17)15(12(18)7-10)19-13(20)8-22-14(21)5-9-3-1-2-4-9/h6-7,9H,1-5,8H2,(H,19,20). The third kappa shape index (κ3) is 5.04. The maximum atomic E-state index is 11.8. The van der Waals surface area contributed by atoms with Crippen molar-refractivity contribution < 1.29 is 14.3 Å². The molecule has 0 aliphatic heterocycles. The molecule has 1 saturated carbocycles. The second-order valence-corrected chi connectivity index (χ2v) is 6.56. The molecule has 1 amide bonds. The minimum atomic E-state index is -0.495. The van der Waals surface area contributed by atoms with E-state index in [-0.39, 0.29) is 28.3 Å². The van der Waals surface area contributed by atoms with Crippen LogP contribution in [0.2, 0.25) is 15.1 Å². The van der Waals surface area contributed by atoms with E-state index in [2.05, 4.69) is 5.32 Å². The van der Waals surface area contributed by atoms with Gasteiger partial charge in [0, 0.05) is 11.4 Å². The normalized spacial score (nSPS) is 14.9. The van der Waals surface area contributed by atoms with Gasteiger partial charge in [-0.15, -0.1) is 0 Å². The van der Waals surface area contributed by atoms with E-state index in [4.69, 9.17) is 39.5 Å². The lowest BCUT2D eigenvalue weighted by Crippen LogP contribution is -2.22. The van der Waals surface area contributed by atoms with E-state index in [1.807, 2.05) is 0 Å². The summed E-state index contributed by atoms with van der Waals surface area (Å²) < 4.78 is 4.98. The van der Waals surface area contributed by atoms with Crippen LogP contribution in [0.15, 0.2) is 12.1 Å². The van der Waals surface area contributed by atoms with Gasteiger partial charge in [-0.3, -0.25) is 9.59 Å². The summed E-state index contributed by atoms with van der Waals surface area (Å²) in [6.07, 6.45) is 4.79. The van der Waals surface area contributed by atoms with Gasteiger partial charge in [0.15, 0.2) is 6.61 Å². The highest BCUT2D eigenvalue weighted by atomic mass is 35.5. The monoisotopic (exact) mass is 363 g/mol. The average Bonchev–Trinajstić information content (AvgIpc) is 2.93. The molecule has 0 saturated heterocycles. The van der Waals surface area contributed by atoms with E-state index in [9.17, 15) is 9.59 Å². The first kappa shape index (κ1) is 17.4. The zero-order valence-electron chi connectivity index (χ0n) is 11.8. The third-order valence-electron chi connectivity index (χ3n) is 3.57. The van der Waals surface area contributed by atoms with E-state index in [0.29, 0.717) is 17.4 Å². The Morgan fingerprint density at radius 1 is 1.14 bits per heavy atom. The van der Waals surface area contributed by atoms with Gasteiger partial charge in [-0.2, -0.15) is 0 Å².